The van der Waals surface area contributed by atoms with Gasteiger partial charge in [0.15, 0.2) is 7.29 Å². The van der Waals surface area contributed by atoms with E-state index in [0.29, 0.717) is 51.1 Å². The Hall–Kier alpha value is -2.96. The third-order valence-electron chi connectivity index (χ3n) is 7.00. The molecule has 3 atom stereocenters. The number of carboxylic acids is 1. The number of carbonyl (C=O) groups is 3. The number of hydrogen-bond donors (Lipinski definition) is 2. The lowest BCUT2D eigenvalue weighted by Gasteiger charge is -2.32. The van der Waals surface area contributed by atoms with E-state index in [4.69, 9.17) is 0 Å². The number of rotatable bonds is 9. The van der Waals surface area contributed by atoms with Gasteiger partial charge >= 0.3 is 5.97 Å². The van der Waals surface area contributed by atoms with Crippen molar-refractivity contribution >= 4 is 25.1 Å². The van der Waals surface area contributed by atoms with Crippen molar-refractivity contribution in [1.82, 2.24) is 14.9 Å². The second-order valence-corrected chi connectivity index (χ2v) is 12.4. The SMILES string of the molecule is C[C@H](NP(=O)(Cc1ccccc1)Cc1ccccc1)C(=O)N1CCC[C@H]1C(=O)N1CCC[C@@H]1C(=O)O. The van der Waals surface area contributed by atoms with Crippen molar-refractivity contribution in [3.8, 4) is 0 Å². The Labute approximate surface area is 212 Å². The Balaban J connectivity index is 1.50. The van der Waals surface area contributed by atoms with Crippen LogP contribution in [0.4, 0.5) is 0 Å². The summed E-state index contributed by atoms with van der Waals surface area (Å²) in [5.41, 5.74) is 1.85. The quantitative estimate of drug-likeness (QED) is 0.497. The average Bonchev–Trinajstić information content (AvgIpc) is 3.54. The molecule has 8 nitrogen and oxygen atoms in total. The first-order valence-electron chi connectivity index (χ1n) is 12.5. The van der Waals surface area contributed by atoms with E-state index in [9.17, 15) is 24.1 Å². The van der Waals surface area contributed by atoms with Crippen LogP contribution in [-0.4, -0.2) is 63.9 Å². The minimum atomic E-state index is -3.07. The standard InChI is InChI=1S/C27H34N3O5P/c1-20(25(31)29-16-8-14-23(29)26(32)30-17-9-15-24(30)27(33)34)28-36(35,18-21-10-4-2-5-11-21)19-22-12-6-3-7-13-22/h2-7,10-13,20,23-24H,8-9,14-19H2,1H3,(H,28,35)(H,33,34)/t20-,23-,24+/m0/s1. The average molecular weight is 512 g/mol. The molecule has 36 heavy (non-hydrogen) atoms. The highest BCUT2D eigenvalue weighted by molar-refractivity contribution is 7.60. The van der Waals surface area contributed by atoms with E-state index in [2.05, 4.69) is 5.09 Å². The molecule has 0 radical (unpaired) electrons. The molecule has 2 saturated heterocycles. The van der Waals surface area contributed by atoms with Crippen LogP contribution in [0.25, 0.3) is 0 Å². The number of nitrogens with zero attached hydrogens (tertiary/aromatic N) is 2. The molecule has 192 valence electrons. The van der Waals surface area contributed by atoms with Crippen LogP contribution in [0.15, 0.2) is 60.7 Å². The van der Waals surface area contributed by atoms with Crippen LogP contribution in [0, 0.1) is 0 Å². The summed E-state index contributed by atoms with van der Waals surface area (Å²) in [5.74, 6) is -1.58. The highest BCUT2D eigenvalue weighted by Gasteiger charge is 2.43. The maximum Gasteiger partial charge on any atom is 0.326 e. The Morgan fingerprint density at radius 1 is 0.889 bits per heavy atom. The summed E-state index contributed by atoms with van der Waals surface area (Å²) in [6.45, 7) is 2.51. The molecule has 2 aliphatic rings. The predicted molar refractivity (Wildman–Crippen MR) is 138 cm³/mol. The second-order valence-electron chi connectivity index (χ2n) is 9.75. The molecule has 2 N–H and O–H groups in total. The summed E-state index contributed by atoms with van der Waals surface area (Å²) in [7, 11) is -3.07. The Kier molecular flexibility index (Phi) is 8.27. The monoisotopic (exact) mass is 511 g/mol. The van der Waals surface area contributed by atoms with Gasteiger partial charge in [0, 0.05) is 25.4 Å². The first kappa shape index (κ1) is 26.1. The van der Waals surface area contributed by atoms with Gasteiger partial charge in [0.05, 0.1) is 6.04 Å². The topological polar surface area (TPSA) is 107 Å². The molecule has 0 unspecified atom stereocenters. The number of nitrogens with one attached hydrogen (secondary N) is 1. The molecule has 0 aromatic heterocycles. The summed E-state index contributed by atoms with van der Waals surface area (Å²) in [5, 5.41) is 12.7. The van der Waals surface area contributed by atoms with Gasteiger partial charge in [0.1, 0.15) is 12.1 Å². The van der Waals surface area contributed by atoms with Crippen LogP contribution >= 0.6 is 7.29 Å². The van der Waals surface area contributed by atoms with E-state index >= 15 is 0 Å². The Morgan fingerprint density at radius 2 is 1.39 bits per heavy atom. The molecule has 2 aromatic rings. The summed E-state index contributed by atoms with van der Waals surface area (Å²) in [6, 6.07) is 16.9. The van der Waals surface area contributed by atoms with Crippen molar-refractivity contribution in [3.05, 3.63) is 71.8 Å². The number of carboxylic acid groups (broad SMARTS) is 1. The first-order valence-corrected chi connectivity index (χ1v) is 14.6. The van der Waals surface area contributed by atoms with Crippen molar-refractivity contribution in [1.29, 1.82) is 0 Å². The molecule has 2 fully saturated rings. The molecular weight excluding hydrogens is 477 g/mol. The highest BCUT2D eigenvalue weighted by Crippen LogP contribution is 2.49. The molecule has 4 rings (SSSR count). The van der Waals surface area contributed by atoms with Gasteiger partial charge in [0.2, 0.25) is 11.8 Å². The maximum atomic E-state index is 14.2. The molecule has 0 saturated carbocycles. The largest absolute Gasteiger partial charge is 0.480 e. The number of amides is 2. The highest BCUT2D eigenvalue weighted by atomic mass is 31.2. The molecule has 0 bridgehead atoms. The lowest BCUT2D eigenvalue weighted by Crippen LogP contribution is -2.53. The van der Waals surface area contributed by atoms with Crippen LogP contribution in [-0.2, 0) is 31.3 Å². The van der Waals surface area contributed by atoms with Crippen molar-refractivity contribution in [2.24, 2.45) is 0 Å². The summed E-state index contributed by atoms with van der Waals surface area (Å²) < 4.78 is 14.2. The van der Waals surface area contributed by atoms with Gasteiger partial charge in [0.25, 0.3) is 0 Å². The number of hydrogen-bond acceptors (Lipinski definition) is 4. The van der Waals surface area contributed by atoms with E-state index in [0.717, 1.165) is 11.1 Å². The zero-order valence-electron chi connectivity index (χ0n) is 20.6. The van der Waals surface area contributed by atoms with Gasteiger partial charge < -0.3 is 19.5 Å². The van der Waals surface area contributed by atoms with Gasteiger partial charge in [-0.25, -0.2) is 4.79 Å². The third kappa shape index (κ3) is 6.05. The van der Waals surface area contributed by atoms with Gasteiger partial charge in [-0.1, -0.05) is 60.7 Å². The predicted octanol–water partition coefficient (Wildman–Crippen LogP) is 3.71. The molecule has 2 amide bonds. The van der Waals surface area contributed by atoms with Crippen molar-refractivity contribution in [2.75, 3.05) is 13.1 Å². The summed E-state index contributed by atoms with van der Waals surface area (Å²) in [4.78, 5) is 41.3. The van der Waals surface area contributed by atoms with Crippen molar-refractivity contribution in [3.63, 3.8) is 0 Å². The lowest BCUT2D eigenvalue weighted by molar-refractivity contribution is -0.152. The molecule has 2 aliphatic heterocycles. The van der Waals surface area contributed by atoms with E-state index in [1.807, 2.05) is 60.7 Å². The normalized spacial score (nSPS) is 20.9. The smallest absolute Gasteiger partial charge is 0.326 e. The Morgan fingerprint density at radius 3 is 1.92 bits per heavy atom. The van der Waals surface area contributed by atoms with Crippen LogP contribution in [0.3, 0.4) is 0 Å². The van der Waals surface area contributed by atoms with Gasteiger partial charge in [-0.05, 0) is 43.7 Å². The maximum absolute atomic E-state index is 14.2. The minimum Gasteiger partial charge on any atom is -0.480 e. The molecule has 0 aliphatic carbocycles. The van der Waals surface area contributed by atoms with Crippen LogP contribution in [0.2, 0.25) is 0 Å². The van der Waals surface area contributed by atoms with Crippen LogP contribution in [0.1, 0.15) is 43.7 Å². The molecule has 0 spiro atoms. The fourth-order valence-corrected chi connectivity index (χ4v) is 8.04. The summed E-state index contributed by atoms with van der Waals surface area (Å²) >= 11 is 0. The van der Waals surface area contributed by atoms with Crippen molar-refractivity contribution < 1.29 is 24.1 Å². The van der Waals surface area contributed by atoms with Crippen LogP contribution < -0.4 is 5.09 Å². The van der Waals surface area contributed by atoms with Gasteiger partial charge in [-0.3, -0.25) is 14.7 Å². The molecule has 2 aromatic carbocycles. The van der Waals surface area contributed by atoms with E-state index in [-0.39, 0.29) is 11.8 Å². The van der Waals surface area contributed by atoms with Gasteiger partial charge in [-0.15, -0.1) is 0 Å². The number of carbonyl (C=O) groups excluding carboxylic acids is 2. The van der Waals surface area contributed by atoms with Gasteiger partial charge in [-0.2, -0.15) is 0 Å². The zero-order chi connectivity index (χ0) is 25.7. The Bertz CT molecular complexity index is 1080. The van der Waals surface area contributed by atoms with E-state index in [1.54, 1.807) is 11.8 Å². The van der Waals surface area contributed by atoms with Crippen molar-refractivity contribution in [2.45, 2.75) is 63.1 Å². The molecule has 9 heteroatoms. The summed E-state index contributed by atoms with van der Waals surface area (Å²) in [6.07, 6.45) is 2.86. The first-order chi connectivity index (χ1) is 17.3. The zero-order valence-corrected chi connectivity index (χ0v) is 21.5. The van der Waals surface area contributed by atoms with E-state index < -0.39 is 31.4 Å². The second kappa shape index (κ2) is 11.4. The number of benzene rings is 2. The minimum absolute atomic E-state index is 0.279. The molecular formula is C27H34N3O5P. The van der Waals surface area contributed by atoms with Crippen LogP contribution in [0.5, 0.6) is 0 Å². The number of aliphatic carboxylic acids is 1. The third-order valence-corrected chi connectivity index (χ3v) is 9.61. The fourth-order valence-electron chi connectivity index (χ4n) is 5.33. The lowest BCUT2D eigenvalue weighted by atomic mass is 10.1. The molecule has 2 heterocycles. The fraction of sp³-hybridized carbons (Fsp3) is 0.444. The number of likely N-dealkylation sites (tertiary alicyclic amines) is 2. The van der Waals surface area contributed by atoms with E-state index in [1.165, 1.54) is 4.90 Å².